The number of aromatic nitrogens is 3. The zero-order valence-electron chi connectivity index (χ0n) is 16.3. The Kier molecular flexibility index (Phi) is 4.72. The number of methoxy groups -OCH3 is 1. The van der Waals surface area contributed by atoms with Crippen molar-refractivity contribution < 1.29 is 4.74 Å². The van der Waals surface area contributed by atoms with Crippen molar-refractivity contribution in [2.75, 3.05) is 12.4 Å². The smallest absolute Gasteiger partial charge is 0.176 e. The van der Waals surface area contributed by atoms with Gasteiger partial charge in [-0.2, -0.15) is 0 Å². The minimum atomic E-state index is 0.138. The number of hydrogen-bond acceptors (Lipinski definition) is 4. The lowest BCUT2D eigenvalue weighted by molar-refractivity contribution is 0.411. The van der Waals surface area contributed by atoms with Crippen molar-refractivity contribution in [3.8, 4) is 11.4 Å². The van der Waals surface area contributed by atoms with Gasteiger partial charge in [0.15, 0.2) is 5.82 Å². The molecule has 0 atom stereocenters. The van der Waals surface area contributed by atoms with Crippen LogP contribution in [0.25, 0.3) is 5.69 Å². The van der Waals surface area contributed by atoms with Gasteiger partial charge in [-0.25, -0.2) is 4.68 Å². The molecule has 136 valence electrons. The van der Waals surface area contributed by atoms with Gasteiger partial charge in [-0.3, -0.25) is 0 Å². The molecule has 2 aromatic carbocycles. The highest BCUT2D eigenvalue weighted by Crippen LogP contribution is 2.28. The zero-order valence-corrected chi connectivity index (χ0v) is 16.3. The van der Waals surface area contributed by atoms with E-state index in [-0.39, 0.29) is 5.41 Å². The van der Waals surface area contributed by atoms with Gasteiger partial charge in [0.05, 0.1) is 12.8 Å². The van der Waals surface area contributed by atoms with Gasteiger partial charge in [-0.15, -0.1) is 5.10 Å². The minimum absolute atomic E-state index is 0.138. The van der Waals surface area contributed by atoms with Gasteiger partial charge in [-0.05, 0) is 54.7 Å². The van der Waals surface area contributed by atoms with Crippen LogP contribution in [0, 0.1) is 13.8 Å². The van der Waals surface area contributed by atoms with Gasteiger partial charge < -0.3 is 10.1 Å². The third-order valence-corrected chi connectivity index (χ3v) is 4.47. The third kappa shape index (κ3) is 3.57. The molecule has 0 spiro atoms. The molecule has 0 bridgehead atoms. The first-order valence-electron chi connectivity index (χ1n) is 8.74. The number of ether oxygens (including phenoxy) is 1. The van der Waals surface area contributed by atoms with Crippen molar-refractivity contribution >= 4 is 11.5 Å². The topological polar surface area (TPSA) is 52.0 Å². The molecule has 0 radical (unpaired) electrons. The van der Waals surface area contributed by atoms with E-state index in [0.29, 0.717) is 0 Å². The number of aryl methyl sites for hydroxylation is 1. The first-order valence-corrected chi connectivity index (χ1v) is 8.74. The van der Waals surface area contributed by atoms with Crippen molar-refractivity contribution in [1.82, 2.24) is 15.0 Å². The fourth-order valence-electron chi connectivity index (χ4n) is 2.83. The second-order valence-electron chi connectivity index (χ2n) is 7.56. The summed E-state index contributed by atoms with van der Waals surface area (Å²) < 4.78 is 7.28. The van der Waals surface area contributed by atoms with E-state index in [4.69, 9.17) is 4.74 Å². The Balaban J connectivity index is 1.89. The average Bonchev–Trinajstić information content (AvgIpc) is 2.95. The molecule has 1 heterocycles. The zero-order chi connectivity index (χ0) is 18.9. The van der Waals surface area contributed by atoms with Crippen molar-refractivity contribution in [2.24, 2.45) is 0 Å². The molecule has 1 aromatic heterocycles. The number of anilines is 2. The molecule has 0 aliphatic carbocycles. The molecule has 5 nitrogen and oxygen atoms in total. The first-order chi connectivity index (χ1) is 12.3. The molecule has 0 saturated carbocycles. The summed E-state index contributed by atoms with van der Waals surface area (Å²) in [6, 6.07) is 14.5. The van der Waals surface area contributed by atoms with Crippen LogP contribution in [0.3, 0.4) is 0 Å². The van der Waals surface area contributed by atoms with Gasteiger partial charge in [0.25, 0.3) is 0 Å². The summed E-state index contributed by atoms with van der Waals surface area (Å²) in [7, 11) is 1.66. The number of benzene rings is 2. The van der Waals surface area contributed by atoms with Gasteiger partial charge in [0, 0.05) is 5.69 Å². The summed E-state index contributed by atoms with van der Waals surface area (Å²) in [5.41, 5.74) is 5.38. The quantitative estimate of drug-likeness (QED) is 0.724. The lowest BCUT2D eigenvalue weighted by Crippen LogP contribution is -2.10. The van der Waals surface area contributed by atoms with Crippen molar-refractivity contribution in [3.05, 3.63) is 59.3 Å². The van der Waals surface area contributed by atoms with E-state index in [1.54, 1.807) is 11.8 Å². The van der Waals surface area contributed by atoms with E-state index < -0.39 is 0 Å². The molecule has 26 heavy (non-hydrogen) atoms. The maximum Gasteiger partial charge on any atom is 0.176 e. The SMILES string of the molecule is COc1ccc(C)cc1-n1nnc(Nc2ccc(C(C)(C)C)cc2)c1C. The molecule has 5 heteroatoms. The molecule has 0 fully saturated rings. The average molecular weight is 350 g/mol. The summed E-state index contributed by atoms with van der Waals surface area (Å²) in [6.45, 7) is 10.7. The van der Waals surface area contributed by atoms with Crippen LogP contribution in [0.4, 0.5) is 11.5 Å². The standard InChI is InChI=1S/C21H26N4O/c1-14-7-12-19(26-6)18(13-14)25-15(2)20(23-24-25)22-17-10-8-16(9-11-17)21(3,4)5/h7-13,22H,1-6H3. The number of nitrogens with one attached hydrogen (secondary N) is 1. The summed E-state index contributed by atoms with van der Waals surface area (Å²) in [6.07, 6.45) is 0. The lowest BCUT2D eigenvalue weighted by atomic mass is 9.87. The molecule has 0 unspecified atom stereocenters. The molecule has 3 aromatic rings. The van der Waals surface area contributed by atoms with Crippen molar-refractivity contribution in [2.45, 2.75) is 40.0 Å². The predicted octanol–water partition coefficient (Wildman–Crippen LogP) is 4.93. The largest absolute Gasteiger partial charge is 0.494 e. The molecule has 1 N–H and O–H groups in total. The highest BCUT2D eigenvalue weighted by atomic mass is 16.5. The van der Waals surface area contributed by atoms with Crippen molar-refractivity contribution in [3.63, 3.8) is 0 Å². The Labute approximate surface area is 155 Å². The lowest BCUT2D eigenvalue weighted by Gasteiger charge is -2.19. The summed E-state index contributed by atoms with van der Waals surface area (Å²) in [5, 5.41) is 12.0. The summed E-state index contributed by atoms with van der Waals surface area (Å²) in [5.74, 6) is 1.50. The van der Waals surface area contributed by atoms with Crippen LogP contribution in [0.2, 0.25) is 0 Å². The first kappa shape index (κ1) is 18.0. The maximum atomic E-state index is 5.47. The van der Waals surface area contributed by atoms with Crippen LogP contribution in [-0.4, -0.2) is 22.1 Å². The number of hydrogen-bond donors (Lipinski definition) is 1. The van der Waals surface area contributed by atoms with Crippen LogP contribution >= 0.6 is 0 Å². The molecule has 0 amide bonds. The molecule has 3 rings (SSSR count). The van der Waals surface area contributed by atoms with Gasteiger partial charge in [0.1, 0.15) is 11.4 Å². The molecular formula is C21H26N4O. The summed E-state index contributed by atoms with van der Waals surface area (Å²) in [4.78, 5) is 0. The Morgan fingerprint density at radius 1 is 1.00 bits per heavy atom. The second kappa shape index (κ2) is 6.83. The molecule has 0 aliphatic rings. The highest BCUT2D eigenvalue weighted by Gasteiger charge is 2.15. The minimum Gasteiger partial charge on any atom is -0.494 e. The Bertz CT molecular complexity index is 905. The monoisotopic (exact) mass is 350 g/mol. The van der Waals surface area contributed by atoms with Crippen LogP contribution in [0.15, 0.2) is 42.5 Å². The van der Waals surface area contributed by atoms with E-state index in [1.165, 1.54) is 5.56 Å². The van der Waals surface area contributed by atoms with Crippen LogP contribution < -0.4 is 10.1 Å². The van der Waals surface area contributed by atoms with E-state index in [1.807, 2.05) is 32.0 Å². The van der Waals surface area contributed by atoms with Crippen LogP contribution in [0.5, 0.6) is 5.75 Å². The Morgan fingerprint density at radius 2 is 1.69 bits per heavy atom. The predicted molar refractivity (Wildman–Crippen MR) is 106 cm³/mol. The summed E-state index contributed by atoms with van der Waals surface area (Å²) >= 11 is 0. The Hall–Kier alpha value is -2.82. The molecular weight excluding hydrogens is 324 g/mol. The van der Waals surface area contributed by atoms with Gasteiger partial charge >= 0.3 is 0 Å². The van der Waals surface area contributed by atoms with E-state index >= 15 is 0 Å². The highest BCUT2D eigenvalue weighted by molar-refractivity contribution is 5.60. The van der Waals surface area contributed by atoms with Gasteiger partial charge in [-0.1, -0.05) is 44.2 Å². The second-order valence-corrected chi connectivity index (χ2v) is 7.56. The van der Waals surface area contributed by atoms with Crippen LogP contribution in [-0.2, 0) is 5.41 Å². The van der Waals surface area contributed by atoms with E-state index in [0.717, 1.165) is 34.2 Å². The number of nitrogens with zero attached hydrogens (tertiary/aromatic N) is 3. The third-order valence-electron chi connectivity index (χ3n) is 4.47. The van der Waals surface area contributed by atoms with Crippen molar-refractivity contribution in [1.29, 1.82) is 0 Å². The normalized spacial score (nSPS) is 11.5. The van der Waals surface area contributed by atoms with E-state index in [2.05, 4.69) is 60.7 Å². The Morgan fingerprint density at radius 3 is 2.31 bits per heavy atom. The fraction of sp³-hybridized carbons (Fsp3) is 0.333. The number of rotatable bonds is 4. The van der Waals surface area contributed by atoms with Crippen LogP contribution in [0.1, 0.15) is 37.6 Å². The molecule has 0 aliphatic heterocycles. The maximum absolute atomic E-state index is 5.47. The fourth-order valence-corrected chi connectivity index (χ4v) is 2.83. The molecule has 0 saturated heterocycles. The van der Waals surface area contributed by atoms with E-state index in [9.17, 15) is 0 Å². The van der Waals surface area contributed by atoms with Gasteiger partial charge in [0.2, 0.25) is 0 Å².